The first-order valence-electron chi connectivity index (χ1n) is 10.9. The zero-order valence-corrected chi connectivity index (χ0v) is 18.0. The molecule has 3 aliphatic rings. The first kappa shape index (κ1) is 18.8. The predicted octanol–water partition coefficient (Wildman–Crippen LogP) is 5.69. The van der Waals surface area contributed by atoms with Gasteiger partial charge in [0, 0.05) is 29.9 Å². The zero-order chi connectivity index (χ0) is 21.3. The minimum Gasteiger partial charge on any atom is -0.507 e. The molecule has 0 radical (unpaired) electrons. The van der Waals surface area contributed by atoms with Gasteiger partial charge >= 0.3 is 0 Å². The monoisotopic (exact) mass is 414 g/mol. The maximum Gasteiger partial charge on any atom is 0.130 e. The van der Waals surface area contributed by atoms with Crippen LogP contribution in [0.25, 0.3) is 11.1 Å². The van der Waals surface area contributed by atoms with Crippen molar-refractivity contribution in [1.82, 2.24) is 0 Å². The van der Waals surface area contributed by atoms with Crippen LogP contribution in [0.15, 0.2) is 48.5 Å². The first-order chi connectivity index (χ1) is 15.2. The number of fused-ring (bicyclic) bond motifs is 5. The van der Waals surface area contributed by atoms with Gasteiger partial charge in [0.1, 0.15) is 17.2 Å². The minimum absolute atomic E-state index is 0.0740. The number of hydrogen-bond donors (Lipinski definition) is 1. The summed E-state index contributed by atoms with van der Waals surface area (Å²) in [5, 5.41) is 11.0. The van der Waals surface area contributed by atoms with Crippen LogP contribution in [0.1, 0.15) is 58.1 Å². The van der Waals surface area contributed by atoms with E-state index >= 15 is 0 Å². The number of ether oxygens (including phenoxy) is 3. The van der Waals surface area contributed by atoms with Gasteiger partial charge in [-0.25, -0.2) is 0 Å². The van der Waals surface area contributed by atoms with Crippen molar-refractivity contribution in [3.05, 3.63) is 76.3 Å². The number of hydrogen-bond acceptors (Lipinski definition) is 4. The molecule has 0 aromatic heterocycles. The van der Waals surface area contributed by atoms with E-state index in [1.807, 2.05) is 12.1 Å². The molecule has 0 saturated heterocycles. The average Bonchev–Trinajstić information content (AvgIpc) is 2.81. The second-order valence-corrected chi connectivity index (χ2v) is 8.83. The van der Waals surface area contributed by atoms with Gasteiger partial charge in [0.05, 0.1) is 20.3 Å². The summed E-state index contributed by atoms with van der Waals surface area (Å²) in [7, 11) is 5.17. The average molecular weight is 415 g/mol. The lowest BCUT2D eigenvalue weighted by Crippen LogP contribution is -2.35. The molecule has 1 N–H and O–H groups in total. The molecule has 3 aromatic carbocycles. The molecule has 0 unspecified atom stereocenters. The molecule has 0 heterocycles. The highest BCUT2D eigenvalue weighted by Gasteiger charge is 2.50. The van der Waals surface area contributed by atoms with Gasteiger partial charge in [-0.1, -0.05) is 36.4 Å². The summed E-state index contributed by atoms with van der Waals surface area (Å²) in [6, 6.07) is 16.7. The summed E-state index contributed by atoms with van der Waals surface area (Å²) in [6.45, 7) is 0. The van der Waals surface area contributed by atoms with E-state index in [0.717, 1.165) is 41.0 Å². The van der Waals surface area contributed by atoms with Crippen molar-refractivity contribution >= 4 is 0 Å². The number of aromatic hydroxyl groups is 1. The summed E-state index contributed by atoms with van der Waals surface area (Å²) >= 11 is 0. The van der Waals surface area contributed by atoms with Crippen LogP contribution in [0.2, 0.25) is 0 Å². The number of rotatable bonds is 3. The van der Waals surface area contributed by atoms with Crippen LogP contribution in [0, 0.1) is 0 Å². The fourth-order valence-electron chi connectivity index (χ4n) is 6.54. The van der Waals surface area contributed by atoms with Crippen LogP contribution >= 0.6 is 0 Å². The summed E-state index contributed by atoms with van der Waals surface area (Å²) in [5.41, 5.74) is 8.27. The molecule has 4 nitrogen and oxygen atoms in total. The Balaban J connectivity index is 1.76. The van der Waals surface area contributed by atoms with Gasteiger partial charge in [0.15, 0.2) is 0 Å². The maximum absolute atomic E-state index is 11.0. The molecular weight excluding hydrogens is 388 g/mol. The molecule has 6 rings (SSSR count). The molecule has 0 aliphatic heterocycles. The Morgan fingerprint density at radius 1 is 0.806 bits per heavy atom. The van der Waals surface area contributed by atoms with Gasteiger partial charge in [-0.15, -0.1) is 0 Å². The van der Waals surface area contributed by atoms with Gasteiger partial charge in [-0.05, 0) is 58.9 Å². The number of benzene rings is 3. The van der Waals surface area contributed by atoms with E-state index in [1.54, 1.807) is 27.4 Å². The Morgan fingerprint density at radius 3 is 2.35 bits per heavy atom. The molecule has 0 bridgehead atoms. The van der Waals surface area contributed by atoms with E-state index in [1.165, 1.54) is 22.3 Å². The third kappa shape index (κ3) is 2.40. The normalized spacial score (nSPS) is 24.6. The van der Waals surface area contributed by atoms with Crippen molar-refractivity contribution in [2.45, 2.75) is 36.7 Å². The third-order valence-electron chi connectivity index (χ3n) is 7.67. The first-order valence-corrected chi connectivity index (χ1v) is 10.9. The molecule has 0 spiro atoms. The lowest BCUT2D eigenvalue weighted by Gasteiger charge is -2.50. The largest absolute Gasteiger partial charge is 0.507 e. The third-order valence-corrected chi connectivity index (χ3v) is 7.67. The molecule has 4 heteroatoms. The molecule has 0 saturated carbocycles. The summed E-state index contributed by atoms with van der Waals surface area (Å²) in [5.74, 6) is 2.78. The van der Waals surface area contributed by atoms with Crippen molar-refractivity contribution in [3.8, 4) is 28.4 Å². The Bertz CT molecular complexity index is 1200. The summed E-state index contributed by atoms with van der Waals surface area (Å²) < 4.78 is 17.8. The molecule has 0 fully saturated rings. The summed E-state index contributed by atoms with van der Waals surface area (Å²) in [4.78, 5) is 0. The highest BCUT2D eigenvalue weighted by molar-refractivity contribution is 5.87. The summed E-state index contributed by atoms with van der Waals surface area (Å²) in [6.07, 6.45) is 1.80. The highest BCUT2D eigenvalue weighted by Crippen LogP contribution is 2.66. The fourth-order valence-corrected chi connectivity index (χ4v) is 6.54. The van der Waals surface area contributed by atoms with Gasteiger partial charge in [0.25, 0.3) is 0 Å². The minimum atomic E-state index is -0.0740. The van der Waals surface area contributed by atoms with Gasteiger partial charge in [-0.2, -0.15) is 0 Å². The van der Waals surface area contributed by atoms with Gasteiger partial charge in [-0.3, -0.25) is 0 Å². The van der Waals surface area contributed by atoms with Crippen LogP contribution in [-0.4, -0.2) is 26.4 Å². The van der Waals surface area contributed by atoms with Crippen LogP contribution in [0.3, 0.4) is 0 Å². The van der Waals surface area contributed by atoms with E-state index in [4.69, 9.17) is 14.2 Å². The maximum atomic E-state index is 11.0. The predicted molar refractivity (Wildman–Crippen MR) is 119 cm³/mol. The van der Waals surface area contributed by atoms with Crippen molar-refractivity contribution < 1.29 is 19.3 Å². The van der Waals surface area contributed by atoms with Crippen LogP contribution in [-0.2, 0) is 11.2 Å². The Hall–Kier alpha value is -2.98. The van der Waals surface area contributed by atoms with Crippen LogP contribution < -0.4 is 9.47 Å². The van der Waals surface area contributed by atoms with Crippen molar-refractivity contribution in [2.75, 3.05) is 21.3 Å². The molecule has 3 aromatic rings. The van der Waals surface area contributed by atoms with E-state index in [-0.39, 0.29) is 6.10 Å². The Labute approximate surface area is 182 Å². The number of phenols is 1. The van der Waals surface area contributed by atoms with Crippen molar-refractivity contribution in [1.29, 1.82) is 0 Å². The SMILES string of the molecule is COc1cc(OC)c2c3c1-c1c(O)cccc1[C@@H]1Cc4ccccc4[C@@H](C[C@@H]2OC)[C@@H]31. The zero-order valence-electron chi connectivity index (χ0n) is 18.0. The molecule has 31 heavy (non-hydrogen) atoms. The Morgan fingerprint density at radius 2 is 1.58 bits per heavy atom. The van der Waals surface area contributed by atoms with Crippen molar-refractivity contribution in [3.63, 3.8) is 0 Å². The molecule has 0 amide bonds. The van der Waals surface area contributed by atoms with Crippen LogP contribution in [0.4, 0.5) is 0 Å². The lowest BCUT2D eigenvalue weighted by molar-refractivity contribution is 0.0707. The van der Waals surface area contributed by atoms with E-state index in [2.05, 4.69) is 30.3 Å². The second-order valence-electron chi connectivity index (χ2n) is 8.83. The highest BCUT2D eigenvalue weighted by atomic mass is 16.5. The quantitative estimate of drug-likeness (QED) is 0.598. The van der Waals surface area contributed by atoms with E-state index in [9.17, 15) is 5.11 Å². The van der Waals surface area contributed by atoms with Crippen LogP contribution in [0.5, 0.6) is 17.2 Å². The number of methoxy groups -OCH3 is 3. The topological polar surface area (TPSA) is 47.9 Å². The molecule has 4 atom stereocenters. The van der Waals surface area contributed by atoms with Crippen molar-refractivity contribution in [2.24, 2.45) is 0 Å². The molecular formula is C27H26O4. The van der Waals surface area contributed by atoms with Gasteiger partial charge < -0.3 is 19.3 Å². The van der Waals surface area contributed by atoms with Gasteiger partial charge in [0.2, 0.25) is 0 Å². The lowest BCUT2D eigenvalue weighted by atomic mass is 9.55. The fraction of sp³-hybridized carbons (Fsp3) is 0.333. The van der Waals surface area contributed by atoms with E-state index in [0.29, 0.717) is 23.5 Å². The molecule has 3 aliphatic carbocycles. The van der Waals surface area contributed by atoms with E-state index < -0.39 is 0 Å². The number of phenolic OH excluding ortho intramolecular Hbond substituents is 1. The molecule has 158 valence electrons. The Kier molecular flexibility index (Phi) is 4.09. The second kappa shape index (κ2) is 6.76. The standard InChI is InChI=1S/C27H26O4/c1-29-20-12-18-15-8-5-4-7-14(15)11-17-16-9-6-10-19(28)24(16)26-22(31-3)13-21(30-2)25(20)27(26)23(17)18/h4-10,13,17-18,20,23,28H,11-12H2,1-3H3/t17-,18+,20-,23-/m0/s1. The smallest absolute Gasteiger partial charge is 0.130 e.